The van der Waals surface area contributed by atoms with Crippen LogP contribution in [0.2, 0.25) is 0 Å². The normalized spacial score (nSPS) is 17.4. The van der Waals surface area contributed by atoms with Crippen molar-refractivity contribution in [1.29, 1.82) is 5.26 Å². The molecule has 2 aromatic rings. The van der Waals surface area contributed by atoms with Crippen molar-refractivity contribution in [2.45, 2.75) is 32.7 Å². The molecule has 1 heterocycles. The number of likely N-dealkylation sites (N-methyl/N-ethyl adjacent to an activating group) is 1. The van der Waals surface area contributed by atoms with Gasteiger partial charge in [0.1, 0.15) is 17.6 Å². The third-order valence-electron chi connectivity index (χ3n) is 4.69. The summed E-state index contributed by atoms with van der Waals surface area (Å²) in [5.74, 6) is 0.624. The second-order valence-corrected chi connectivity index (χ2v) is 8.12. The molecule has 1 unspecified atom stereocenters. The number of thiophene rings is 1. The molecule has 1 amide bonds. The van der Waals surface area contributed by atoms with Gasteiger partial charge in [0.15, 0.2) is 6.54 Å². The standard InChI is InChI=1S/C20H23N3OS/c1-14-8-9-16-17(11-21)20(25-18(16)10-14)22-19(24)13-23(2)12-15-6-4-3-5-7-15/h3-7,14H,8-10,12-13H2,1-2H3,(H,22,24)/p+1/t14-/m1/s1. The van der Waals surface area contributed by atoms with Crippen molar-refractivity contribution in [1.82, 2.24) is 0 Å². The Morgan fingerprint density at radius 2 is 2.16 bits per heavy atom. The molecular weight excluding hydrogens is 330 g/mol. The predicted octanol–water partition coefficient (Wildman–Crippen LogP) is 2.40. The van der Waals surface area contributed by atoms with E-state index in [0.717, 1.165) is 41.3 Å². The first-order valence-corrected chi connectivity index (χ1v) is 9.58. The van der Waals surface area contributed by atoms with Crippen LogP contribution >= 0.6 is 11.3 Å². The number of nitrogens with one attached hydrogen (secondary N) is 2. The Labute approximate surface area is 153 Å². The molecule has 0 radical (unpaired) electrons. The van der Waals surface area contributed by atoms with Gasteiger partial charge >= 0.3 is 0 Å². The zero-order valence-corrected chi connectivity index (χ0v) is 15.6. The Balaban J connectivity index is 1.64. The maximum absolute atomic E-state index is 12.4. The summed E-state index contributed by atoms with van der Waals surface area (Å²) in [5, 5.41) is 13.2. The molecule has 0 spiro atoms. The number of rotatable bonds is 5. The smallest absolute Gasteiger partial charge is 0.280 e. The molecule has 0 fully saturated rings. The fourth-order valence-electron chi connectivity index (χ4n) is 3.41. The summed E-state index contributed by atoms with van der Waals surface area (Å²) in [6.07, 6.45) is 3.09. The third-order valence-corrected chi connectivity index (χ3v) is 5.86. The lowest BCUT2D eigenvalue weighted by atomic mass is 9.89. The van der Waals surface area contributed by atoms with Crippen LogP contribution in [0.3, 0.4) is 0 Å². The monoisotopic (exact) mass is 354 g/mol. The maximum Gasteiger partial charge on any atom is 0.280 e. The number of benzene rings is 1. The number of quaternary nitrogens is 1. The van der Waals surface area contributed by atoms with Crippen molar-refractivity contribution >= 4 is 22.2 Å². The van der Waals surface area contributed by atoms with Gasteiger partial charge in [-0.25, -0.2) is 0 Å². The summed E-state index contributed by atoms with van der Waals surface area (Å²) >= 11 is 1.59. The largest absolute Gasteiger partial charge is 0.326 e. The van der Waals surface area contributed by atoms with Gasteiger partial charge < -0.3 is 10.2 Å². The molecular formula is C20H24N3OS+. The van der Waals surface area contributed by atoms with Crippen molar-refractivity contribution in [3.8, 4) is 6.07 Å². The average Bonchev–Trinajstić information content (AvgIpc) is 2.91. The Morgan fingerprint density at radius 3 is 2.88 bits per heavy atom. The quantitative estimate of drug-likeness (QED) is 0.866. The van der Waals surface area contributed by atoms with E-state index in [4.69, 9.17) is 0 Å². The zero-order chi connectivity index (χ0) is 17.8. The van der Waals surface area contributed by atoms with Gasteiger partial charge in [-0.1, -0.05) is 37.3 Å². The highest BCUT2D eigenvalue weighted by molar-refractivity contribution is 7.16. The van der Waals surface area contributed by atoms with Gasteiger partial charge in [0.2, 0.25) is 0 Å². The SMILES string of the molecule is C[C@@H]1CCc2c(sc(NC(=O)C[NH+](C)Cc3ccccc3)c2C#N)C1. The highest BCUT2D eigenvalue weighted by Gasteiger charge is 2.25. The number of amides is 1. The molecule has 5 heteroatoms. The van der Waals surface area contributed by atoms with Gasteiger partial charge in [-0.05, 0) is 30.7 Å². The van der Waals surface area contributed by atoms with Gasteiger partial charge in [-0.15, -0.1) is 11.3 Å². The van der Waals surface area contributed by atoms with E-state index in [1.807, 2.05) is 25.2 Å². The summed E-state index contributed by atoms with van der Waals surface area (Å²) in [6, 6.07) is 12.5. The molecule has 3 rings (SSSR count). The van der Waals surface area contributed by atoms with E-state index in [1.54, 1.807) is 11.3 Å². The van der Waals surface area contributed by atoms with Crippen LogP contribution in [0.5, 0.6) is 0 Å². The van der Waals surface area contributed by atoms with Crippen LogP contribution in [-0.4, -0.2) is 19.5 Å². The summed E-state index contributed by atoms with van der Waals surface area (Å²) in [4.78, 5) is 14.8. The molecule has 1 aromatic heterocycles. The first-order chi connectivity index (χ1) is 12.1. The van der Waals surface area contributed by atoms with Crippen molar-refractivity contribution in [3.63, 3.8) is 0 Å². The van der Waals surface area contributed by atoms with Crippen LogP contribution in [0.1, 0.15) is 34.9 Å². The first kappa shape index (κ1) is 17.7. The number of nitrogens with zero attached hydrogens (tertiary/aromatic N) is 1. The molecule has 2 atom stereocenters. The summed E-state index contributed by atoms with van der Waals surface area (Å²) < 4.78 is 0. The molecule has 0 saturated heterocycles. The Morgan fingerprint density at radius 1 is 1.40 bits per heavy atom. The molecule has 4 nitrogen and oxygen atoms in total. The second kappa shape index (κ2) is 7.81. The molecule has 0 bridgehead atoms. The number of carbonyl (C=O) groups excluding carboxylic acids is 1. The Hall–Kier alpha value is -2.16. The lowest BCUT2D eigenvalue weighted by molar-refractivity contribution is -0.885. The van der Waals surface area contributed by atoms with Crippen LogP contribution in [-0.2, 0) is 24.2 Å². The molecule has 0 saturated carbocycles. The lowest BCUT2D eigenvalue weighted by Crippen LogP contribution is -3.08. The highest BCUT2D eigenvalue weighted by Crippen LogP contribution is 2.39. The van der Waals surface area contributed by atoms with Crippen LogP contribution in [0.25, 0.3) is 0 Å². The Kier molecular flexibility index (Phi) is 5.52. The minimum atomic E-state index is -0.0309. The summed E-state index contributed by atoms with van der Waals surface area (Å²) in [6.45, 7) is 3.44. The zero-order valence-electron chi connectivity index (χ0n) is 14.8. The minimum absolute atomic E-state index is 0.0309. The predicted molar refractivity (Wildman–Crippen MR) is 101 cm³/mol. The number of anilines is 1. The van der Waals surface area contributed by atoms with Gasteiger partial charge in [0.05, 0.1) is 12.6 Å². The molecule has 25 heavy (non-hydrogen) atoms. The van der Waals surface area contributed by atoms with E-state index in [9.17, 15) is 10.1 Å². The third kappa shape index (κ3) is 4.28. The topological polar surface area (TPSA) is 57.3 Å². The van der Waals surface area contributed by atoms with E-state index in [1.165, 1.54) is 10.4 Å². The van der Waals surface area contributed by atoms with Gasteiger partial charge in [-0.3, -0.25) is 4.79 Å². The van der Waals surface area contributed by atoms with E-state index in [-0.39, 0.29) is 5.91 Å². The molecule has 2 N–H and O–H groups in total. The van der Waals surface area contributed by atoms with Crippen LogP contribution in [0.15, 0.2) is 30.3 Å². The molecule has 0 aliphatic heterocycles. The fraction of sp³-hybridized carbons (Fsp3) is 0.400. The molecule has 1 aliphatic rings. The molecule has 130 valence electrons. The van der Waals surface area contributed by atoms with Gasteiger partial charge in [-0.2, -0.15) is 5.26 Å². The minimum Gasteiger partial charge on any atom is -0.326 e. The van der Waals surface area contributed by atoms with Crippen molar-refractivity contribution in [3.05, 3.63) is 51.9 Å². The fourth-order valence-corrected chi connectivity index (χ4v) is 4.79. The number of carbonyl (C=O) groups is 1. The summed E-state index contributed by atoms with van der Waals surface area (Å²) in [5.41, 5.74) is 3.05. The van der Waals surface area contributed by atoms with E-state index < -0.39 is 0 Å². The van der Waals surface area contributed by atoms with Gasteiger partial charge in [0, 0.05) is 10.4 Å². The number of fused-ring (bicyclic) bond motifs is 1. The number of hydrogen-bond donors (Lipinski definition) is 2. The highest BCUT2D eigenvalue weighted by atomic mass is 32.1. The molecule has 1 aliphatic carbocycles. The van der Waals surface area contributed by atoms with Crippen LogP contribution in [0, 0.1) is 17.2 Å². The van der Waals surface area contributed by atoms with E-state index in [0.29, 0.717) is 18.0 Å². The van der Waals surface area contributed by atoms with Crippen molar-refractivity contribution in [2.75, 3.05) is 18.9 Å². The van der Waals surface area contributed by atoms with Crippen LogP contribution < -0.4 is 10.2 Å². The van der Waals surface area contributed by atoms with Crippen LogP contribution in [0.4, 0.5) is 5.00 Å². The van der Waals surface area contributed by atoms with Crippen molar-refractivity contribution < 1.29 is 9.69 Å². The van der Waals surface area contributed by atoms with Crippen molar-refractivity contribution in [2.24, 2.45) is 5.92 Å². The maximum atomic E-state index is 12.4. The lowest BCUT2D eigenvalue weighted by Gasteiger charge is -2.17. The molecule has 1 aromatic carbocycles. The Bertz CT molecular complexity index is 791. The average molecular weight is 354 g/mol. The van der Waals surface area contributed by atoms with E-state index in [2.05, 4.69) is 30.4 Å². The number of nitriles is 1. The number of hydrogen-bond acceptors (Lipinski definition) is 3. The van der Waals surface area contributed by atoms with Gasteiger partial charge in [0.25, 0.3) is 5.91 Å². The summed E-state index contributed by atoms with van der Waals surface area (Å²) in [7, 11) is 2.01. The second-order valence-electron chi connectivity index (χ2n) is 7.01. The first-order valence-electron chi connectivity index (χ1n) is 8.76. The van der Waals surface area contributed by atoms with E-state index >= 15 is 0 Å².